The van der Waals surface area contributed by atoms with E-state index in [1.165, 1.54) is 51.6 Å². The molecule has 1 aliphatic heterocycles. The van der Waals surface area contributed by atoms with Crippen LogP contribution >= 0.6 is 0 Å². The Morgan fingerprint density at radius 3 is 2.53 bits per heavy atom. The van der Waals surface area contributed by atoms with E-state index >= 15 is 0 Å². The number of nitriles is 1. The van der Waals surface area contributed by atoms with Gasteiger partial charge < -0.3 is 10.2 Å². The molecule has 1 aromatic carbocycles. The maximum absolute atomic E-state index is 9.40. The molecule has 3 fully saturated rings. The number of rotatable bonds is 10. The number of hydrogen-bond acceptors (Lipinski definition) is 6. The minimum absolute atomic E-state index is 0.628. The number of anilines is 3. The van der Waals surface area contributed by atoms with Crippen LogP contribution in [0.1, 0.15) is 68.7 Å². The summed E-state index contributed by atoms with van der Waals surface area (Å²) in [7, 11) is 0. The third-order valence-electron chi connectivity index (χ3n) is 7.50. The lowest BCUT2D eigenvalue weighted by Gasteiger charge is -2.40. The van der Waals surface area contributed by atoms with E-state index in [0.29, 0.717) is 17.6 Å². The van der Waals surface area contributed by atoms with Gasteiger partial charge in [0, 0.05) is 49.7 Å². The van der Waals surface area contributed by atoms with Gasteiger partial charge in [-0.15, -0.1) is 0 Å². The first-order chi connectivity index (χ1) is 16.6. The van der Waals surface area contributed by atoms with Gasteiger partial charge in [-0.25, -0.2) is 4.98 Å². The second-order valence-electron chi connectivity index (χ2n) is 10.6. The summed E-state index contributed by atoms with van der Waals surface area (Å²) in [5.41, 5.74) is 3.60. The molecule has 180 valence electrons. The van der Waals surface area contributed by atoms with Gasteiger partial charge in [0.2, 0.25) is 5.95 Å². The van der Waals surface area contributed by atoms with Crippen molar-refractivity contribution in [1.82, 2.24) is 14.9 Å². The Bertz CT molecular complexity index is 1020. The molecular formula is C28H38N6. The zero-order chi connectivity index (χ0) is 23.5. The first-order valence-electron chi connectivity index (χ1n) is 13.3. The van der Waals surface area contributed by atoms with E-state index in [1.54, 1.807) is 0 Å². The third kappa shape index (κ3) is 5.88. The lowest BCUT2D eigenvalue weighted by atomic mass is 10.0. The van der Waals surface area contributed by atoms with Gasteiger partial charge in [0.1, 0.15) is 5.82 Å². The molecule has 34 heavy (non-hydrogen) atoms. The molecule has 1 aromatic heterocycles. The number of nitrogens with zero attached hydrogens (tertiary/aromatic N) is 5. The second-order valence-corrected chi connectivity index (χ2v) is 10.6. The second kappa shape index (κ2) is 10.3. The van der Waals surface area contributed by atoms with Gasteiger partial charge >= 0.3 is 0 Å². The lowest BCUT2D eigenvalue weighted by molar-refractivity contribution is 0.161. The smallest absolute Gasteiger partial charge is 0.229 e. The van der Waals surface area contributed by atoms with E-state index in [2.05, 4.69) is 34.2 Å². The van der Waals surface area contributed by atoms with E-state index in [1.807, 2.05) is 25.1 Å². The van der Waals surface area contributed by atoms with Gasteiger partial charge in [-0.1, -0.05) is 19.4 Å². The van der Waals surface area contributed by atoms with Crippen LogP contribution in [0.4, 0.5) is 17.5 Å². The summed E-state index contributed by atoms with van der Waals surface area (Å²) in [6.45, 7) is 8.86. The van der Waals surface area contributed by atoms with E-state index < -0.39 is 0 Å². The van der Waals surface area contributed by atoms with Crippen molar-refractivity contribution in [3.63, 3.8) is 0 Å². The Morgan fingerprint density at radius 2 is 1.85 bits per heavy atom. The van der Waals surface area contributed by atoms with E-state index in [0.717, 1.165) is 60.5 Å². The third-order valence-corrected chi connectivity index (χ3v) is 7.50. The predicted molar refractivity (Wildman–Crippen MR) is 137 cm³/mol. The molecular weight excluding hydrogens is 420 g/mol. The van der Waals surface area contributed by atoms with Crippen LogP contribution in [0.15, 0.2) is 24.3 Å². The maximum atomic E-state index is 9.40. The zero-order valence-electron chi connectivity index (χ0n) is 20.8. The normalized spacial score (nSPS) is 20.4. The monoisotopic (exact) mass is 458 g/mol. The molecule has 2 saturated carbocycles. The molecule has 0 radical (unpaired) electrons. The topological polar surface area (TPSA) is 68.1 Å². The highest BCUT2D eigenvalue weighted by atomic mass is 15.3. The molecule has 1 saturated heterocycles. The molecule has 0 bridgehead atoms. The average Bonchev–Trinajstić information content (AvgIpc) is 3.77. The van der Waals surface area contributed by atoms with Crippen LogP contribution in [-0.4, -0.2) is 47.1 Å². The molecule has 1 atom stereocenters. The highest BCUT2D eigenvalue weighted by Gasteiger charge is 2.34. The number of aromatic nitrogens is 2. The van der Waals surface area contributed by atoms with Gasteiger partial charge in [0.05, 0.1) is 11.6 Å². The van der Waals surface area contributed by atoms with E-state index in [4.69, 9.17) is 9.97 Å². The summed E-state index contributed by atoms with van der Waals surface area (Å²) < 4.78 is 0. The first-order valence-corrected chi connectivity index (χ1v) is 13.3. The highest BCUT2D eigenvalue weighted by molar-refractivity contribution is 5.59. The molecule has 5 rings (SSSR count). The van der Waals surface area contributed by atoms with Crippen molar-refractivity contribution >= 4 is 17.5 Å². The van der Waals surface area contributed by atoms with Crippen LogP contribution in [0.5, 0.6) is 0 Å². The number of hydrogen-bond donors (Lipinski definition) is 1. The summed E-state index contributed by atoms with van der Waals surface area (Å²) in [6.07, 6.45) is 10.2. The van der Waals surface area contributed by atoms with Gasteiger partial charge in [-0.05, 0) is 81.4 Å². The number of piperidine rings is 1. The molecule has 6 heteroatoms. The SMILES string of the molecule is CCCc1cc(N2CCC[C@H](N(CC3CC3)CC3CC3)C2)nc(Nc2ccc(C)c(C#N)c2)n1. The Morgan fingerprint density at radius 1 is 1.09 bits per heavy atom. The zero-order valence-corrected chi connectivity index (χ0v) is 20.8. The van der Waals surface area contributed by atoms with Crippen LogP contribution in [0, 0.1) is 30.1 Å². The molecule has 0 spiro atoms. The fourth-order valence-electron chi connectivity index (χ4n) is 5.13. The maximum Gasteiger partial charge on any atom is 0.229 e. The minimum atomic E-state index is 0.628. The lowest BCUT2D eigenvalue weighted by Crippen LogP contribution is -2.49. The fraction of sp³-hybridized carbons (Fsp3) is 0.607. The van der Waals surface area contributed by atoms with Crippen LogP contribution in [0.2, 0.25) is 0 Å². The van der Waals surface area contributed by atoms with Crippen LogP contribution in [-0.2, 0) is 6.42 Å². The largest absolute Gasteiger partial charge is 0.355 e. The Kier molecular flexibility index (Phi) is 7.01. The van der Waals surface area contributed by atoms with Crippen molar-refractivity contribution in [2.24, 2.45) is 11.8 Å². The number of aryl methyl sites for hydroxylation is 2. The Hall–Kier alpha value is -2.65. The minimum Gasteiger partial charge on any atom is -0.355 e. The van der Waals surface area contributed by atoms with E-state index in [-0.39, 0.29) is 0 Å². The molecule has 2 aliphatic carbocycles. The Balaban J connectivity index is 1.35. The van der Waals surface area contributed by atoms with Crippen molar-refractivity contribution < 1.29 is 0 Å². The van der Waals surface area contributed by atoms with Gasteiger partial charge in [0.25, 0.3) is 0 Å². The average molecular weight is 459 g/mol. The summed E-state index contributed by atoms with van der Waals surface area (Å²) >= 11 is 0. The fourth-order valence-corrected chi connectivity index (χ4v) is 5.13. The van der Waals surface area contributed by atoms with Crippen LogP contribution in [0.25, 0.3) is 0 Å². The molecule has 2 aromatic rings. The molecule has 0 unspecified atom stereocenters. The molecule has 2 heterocycles. The van der Waals surface area contributed by atoms with E-state index in [9.17, 15) is 5.26 Å². The number of benzene rings is 1. The van der Waals surface area contributed by atoms with Gasteiger partial charge in [-0.2, -0.15) is 10.2 Å². The summed E-state index contributed by atoms with van der Waals surface area (Å²) in [6, 6.07) is 11.0. The van der Waals surface area contributed by atoms with Crippen molar-refractivity contribution in [3.8, 4) is 6.07 Å². The molecule has 6 nitrogen and oxygen atoms in total. The van der Waals surface area contributed by atoms with Crippen molar-refractivity contribution in [3.05, 3.63) is 41.1 Å². The number of nitrogens with one attached hydrogen (secondary N) is 1. The van der Waals surface area contributed by atoms with Gasteiger partial charge in [0.15, 0.2) is 0 Å². The summed E-state index contributed by atoms with van der Waals surface area (Å²) in [4.78, 5) is 15.1. The van der Waals surface area contributed by atoms with Gasteiger partial charge in [-0.3, -0.25) is 4.90 Å². The van der Waals surface area contributed by atoms with Crippen molar-refractivity contribution in [1.29, 1.82) is 5.26 Å². The Labute approximate surface area is 204 Å². The highest BCUT2D eigenvalue weighted by Crippen LogP contribution is 2.36. The summed E-state index contributed by atoms with van der Waals surface area (Å²) in [5.74, 6) is 3.54. The summed E-state index contributed by atoms with van der Waals surface area (Å²) in [5, 5.41) is 12.8. The molecule has 1 N–H and O–H groups in total. The first kappa shape index (κ1) is 23.1. The van der Waals surface area contributed by atoms with Crippen LogP contribution < -0.4 is 10.2 Å². The molecule has 3 aliphatic rings. The van der Waals surface area contributed by atoms with Crippen LogP contribution in [0.3, 0.4) is 0 Å². The van der Waals surface area contributed by atoms with Crippen molar-refractivity contribution in [2.75, 3.05) is 36.4 Å². The quantitative estimate of drug-likeness (QED) is 0.511. The predicted octanol–water partition coefficient (Wildman–Crippen LogP) is 5.44. The van der Waals surface area contributed by atoms with Crippen molar-refractivity contribution in [2.45, 2.75) is 71.3 Å². The standard InChI is InChI=1S/C28H38N6/c1-3-5-24-15-27(32-28(30-24)31-25-12-7-20(2)23(14-25)16-29)33-13-4-6-26(19-33)34(17-21-8-9-21)18-22-10-11-22/h7,12,14-15,21-22,26H,3-6,8-11,13,17-19H2,1-2H3,(H,30,31,32)/t26-/m0/s1. The molecule has 0 amide bonds.